The Kier molecular flexibility index (Phi) is 4.56. The summed E-state index contributed by atoms with van der Waals surface area (Å²) < 4.78 is 15.0. The number of benzene rings is 1. The molecule has 1 aromatic heterocycles. The van der Waals surface area contributed by atoms with Crippen molar-refractivity contribution in [3.05, 3.63) is 52.8 Å². The number of likely N-dealkylation sites (N-methyl/N-ethyl adjacent to an activating group) is 1. The number of aryl methyl sites for hydroxylation is 1. The molecule has 0 saturated carbocycles. The molecule has 0 spiro atoms. The van der Waals surface area contributed by atoms with E-state index < -0.39 is 0 Å². The van der Waals surface area contributed by atoms with Crippen LogP contribution >= 0.6 is 11.6 Å². The molecule has 5 heteroatoms. The maximum Gasteiger partial charge on any atom is 0.124 e. The molecule has 0 bridgehead atoms. The van der Waals surface area contributed by atoms with Crippen LogP contribution in [0, 0.1) is 5.82 Å². The summed E-state index contributed by atoms with van der Waals surface area (Å²) in [5.41, 5.74) is 1.88. The molecule has 0 radical (unpaired) electrons. The third kappa shape index (κ3) is 3.55. The SMILES string of the molecule is CCNC(Cc1ccc(F)cc1Cl)c1cn(C)cn1. The average Bonchev–Trinajstić information content (AvgIpc) is 2.78. The highest BCUT2D eigenvalue weighted by molar-refractivity contribution is 6.31. The normalized spacial score (nSPS) is 12.6. The van der Waals surface area contributed by atoms with Crippen LogP contribution in [0.2, 0.25) is 5.02 Å². The van der Waals surface area contributed by atoms with Crippen LogP contribution in [0.15, 0.2) is 30.7 Å². The Balaban J connectivity index is 2.21. The highest BCUT2D eigenvalue weighted by atomic mass is 35.5. The summed E-state index contributed by atoms with van der Waals surface area (Å²) in [7, 11) is 1.93. The fraction of sp³-hybridized carbons (Fsp3) is 0.357. The van der Waals surface area contributed by atoms with Crippen LogP contribution in [0.3, 0.4) is 0 Å². The number of hydrogen-bond donors (Lipinski definition) is 1. The molecule has 0 amide bonds. The Morgan fingerprint density at radius 2 is 2.26 bits per heavy atom. The average molecular weight is 282 g/mol. The van der Waals surface area contributed by atoms with Crippen molar-refractivity contribution in [3.63, 3.8) is 0 Å². The van der Waals surface area contributed by atoms with Crippen LogP contribution in [0.5, 0.6) is 0 Å². The number of nitrogens with one attached hydrogen (secondary N) is 1. The van der Waals surface area contributed by atoms with Gasteiger partial charge in [0.2, 0.25) is 0 Å². The van der Waals surface area contributed by atoms with Crippen LogP contribution in [-0.4, -0.2) is 16.1 Å². The van der Waals surface area contributed by atoms with Crippen molar-refractivity contribution in [1.82, 2.24) is 14.9 Å². The molecule has 1 heterocycles. The summed E-state index contributed by atoms with van der Waals surface area (Å²) in [6.07, 6.45) is 4.43. The molecule has 0 saturated heterocycles. The molecule has 0 aliphatic heterocycles. The summed E-state index contributed by atoms with van der Waals surface area (Å²) in [6.45, 7) is 2.88. The lowest BCUT2D eigenvalue weighted by atomic mass is 10.0. The van der Waals surface area contributed by atoms with Gasteiger partial charge in [-0.25, -0.2) is 9.37 Å². The third-order valence-corrected chi connectivity index (χ3v) is 3.32. The van der Waals surface area contributed by atoms with E-state index in [2.05, 4.69) is 10.3 Å². The van der Waals surface area contributed by atoms with E-state index >= 15 is 0 Å². The lowest BCUT2D eigenvalue weighted by Crippen LogP contribution is -2.23. The summed E-state index contributed by atoms with van der Waals surface area (Å²) in [6, 6.07) is 4.58. The van der Waals surface area contributed by atoms with Gasteiger partial charge < -0.3 is 9.88 Å². The van der Waals surface area contributed by atoms with Gasteiger partial charge in [-0.15, -0.1) is 0 Å². The molecule has 3 nitrogen and oxygen atoms in total. The Morgan fingerprint density at radius 1 is 1.47 bits per heavy atom. The topological polar surface area (TPSA) is 29.9 Å². The first kappa shape index (κ1) is 14.0. The summed E-state index contributed by atoms with van der Waals surface area (Å²) in [5, 5.41) is 3.83. The van der Waals surface area contributed by atoms with Gasteiger partial charge in [0, 0.05) is 18.3 Å². The van der Waals surface area contributed by atoms with Gasteiger partial charge >= 0.3 is 0 Å². The molecule has 0 aliphatic rings. The number of nitrogens with zero attached hydrogens (tertiary/aromatic N) is 2. The molecule has 2 aromatic rings. The third-order valence-electron chi connectivity index (χ3n) is 2.97. The van der Waals surface area contributed by atoms with Crippen molar-refractivity contribution in [1.29, 1.82) is 0 Å². The van der Waals surface area contributed by atoms with Gasteiger partial charge in [-0.05, 0) is 30.7 Å². The highest BCUT2D eigenvalue weighted by Gasteiger charge is 2.15. The number of rotatable bonds is 5. The van der Waals surface area contributed by atoms with Crippen molar-refractivity contribution in [2.24, 2.45) is 7.05 Å². The van der Waals surface area contributed by atoms with E-state index in [1.165, 1.54) is 12.1 Å². The smallest absolute Gasteiger partial charge is 0.124 e. The Hall–Kier alpha value is -1.39. The number of hydrogen-bond acceptors (Lipinski definition) is 2. The van der Waals surface area contributed by atoms with Gasteiger partial charge in [-0.2, -0.15) is 0 Å². The van der Waals surface area contributed by atoms with Crippen LogP contribution in [0.4, 0.5) is 4.39 Å². The van der Waals surface area contributed by atoms with Crippen LogP contribution in [0.25, 0.3) is 0 Å². The largest absolute Gasteiger partial charge is 0.340 e. The van der Waals surface area contributed by atoms with Gasteiger partial charge in [-0.1, -0.05) is 24.6 Å². The van der Waals surface area contributed by atoms with E-state index in [-0.39, 0.29) is 11.9 Å². The molecule has 1 N–H and O–H groups in total. The van der Waals surface area contributed by atoms with Gasteiger partial charge in [0.15, 0.2) is 0 Å². The number of halogens is 2. The lowest BCUT2D eigenvalue weighted by molar-refractivity contribution is 0.537. The van der Waals surface area contributed by atoms with Crippen molar-refractivity contribution < 1.29 is 4.39 Å². The first-order valence-electron chi connectivity index (χ1n) is 6.25. The lowest BCUT2D eigenvalue weighted by Gasteiger charge is -2.16. The molecule has 1 atom stereocenters. The zero-order valence-electron chi connectivity index (χ0n) is 11.0. The van der Waals surface area contributed by atoms with Crippen molar-refractivity contribution in [3.8, 4) is 0 Å². The maximum absolute atomic E-state index is 13.0. The van der Waals surface area contributed by atoms with Crippen LogP contribution in [-0.2, 0) is 13.5 Å². The molecular formula is C14H17ClFN3. The number of imidazole rings is 1. The van der Waals surface area contributed by atoms with E-state index in [4.69, 9.17) is 11.6 Å². The fourth-order valence-corrected chi connectivity index (χ4v) is 2.29. The minimum Gasteiger partial charge on any atom is -0.340 e. The van der Waals surface area contributed by atoms with Crippen LogP contribution < -0.4 is 5.32 Å². The van der Waals surface area contributed by atoms with E-state index in [9.17, 15) is 4.39 Å². The van der Waals surface area contributed by atoms with Gasteiger partial charge in [0.1, 0.15) is 5.82 Å². The molecule has 1 aromatic carbocycles. The van der Waals surface area contributed by atoms with Crippen molar-refractivity contribution in [2.45, 2.75) is 19.4 Å². The predicted molar refractivity (Wildman–Crippen MR) is 74.7 cm³/mol. The summed E-state index contributed by atoms with van der Waals surface area (Å²) >= 11 is 6.07. The molecule has 102 valence electrons. The second-order valence-corrected chi connectivity index (χ2v) is 4.92. The minimum absolute atomic E-state index is 0.0779. The second-order valence-electron chi connectivity index (χ2n) is 4.51. The van der Waals surface area contributed by atoms with Crippen molar-refractivity contribution in [2.75, 3.05) is 6.54 Å². The first-order chi connectivity index (χ1) is 9.10. The van der Waals surface area contributed by atoms with E-state index in [0.29, 0.717) is 11.4 Å². The highest BCUT2D eigenvalue weighted by Crippen LogP contribution is 2.23. The predicted octanol–water partition coefficient (Wildman–Crippen LogP) is 3.11. The molecule has 1 unspecified atom stereocenters. The molecule has 2 rings (SSSR count). The van der Waals surface area contributed by atoms with Gasteiger partial charge in [0.25, 0.3) is 0 Å². The zero-order chi connectivity index (χ0) is 13.8. The Morgan fingerprint density at radius 3 is 2.84 bits per heavy atom. The standard InChI is InChI=1S/C14H17ClFN3/c1-3-17-13(14-8-19(2)9-18-14)6-10-4-5-11(16)7-12(10)15/h4-5,7-9,13,17H,3,6H2,1-2H3. The van der Waals surface area contributed by atoms with Crippen LogP contribution in [0.1, 0.15) is 24.2 Å². The fourth-order valence-electron chi connectivity index (χ4n) is 2.05. The van der Waals surface area contributed by atoms with Crippen molar-refractivity contribution >= 4 is 11.6 Å². The molecule has 19 heavy (non-hydrogen) atoms. The van der Waals surface area contributed by atoms with E-state index in [0.717, 1.165) is 17.8 Å². The van der Waals surface area contributed by atoms with Gasteiger partial charge in [0.05, 0.1) is 18.1 Å². The summed E-state index contributed by atoms with van der Waals surface area (Å²) in [5.74, 6) is -0.313. The Labute approximate surface area is 117 Å². The molecule has 0 aliphatic carbocycles. The first-order valence-corrected chi connectivity index (χ1v) is 6.63. The van der Waals surface area contributed by atoms with Gasteiger partial charge in [-0.3, -0.25) is 0 Å². The monoisotopic (exact) mass is 281 g/mol. The molecular weight excluding hydrogens is 265 g/mol. The maximum atomic E-state index is 13.0. The minimum atomic E-state index is -0.313. The second kappa shape index (κ2) is 6.17. The zero-order valence-corrected chi connectivity index (χ0v) is 11.8. The number of aromatic nitrogens is 2. The van der Waals surface area contributed by atoms with E-state index in [1.54, 1.807) is 12.4 Å². The molecule has 0 fully saturated rings. The Bertz CT molecular complexity index is 553. The quantitative estimate of drug-likeness (QED) is 0.913. The van der Waals surface area contributed by atoms with E-state index in [1.807, 2.05) is 24.7 Å². The summed E-state index contributed by atoms with van der Waals surface area (Å²) in [4.78, 5) is 4.36.